The summed E-state index contributed by atoms with van der Waals surface area (Å²) < 4.78 is 18.3. The Kier molecular flexibility index (Phi) is 4.62. The number of hydrogen-bond acceptors (Lipinski definition) is 3. The van der Waals surface area contributed by atoms with E-state index in [1.807, 2.05) is 48.5 Å². The molecule has 0 spiro atoms. The van der Waals surface area contributed by atoms with E-state index in [0.29, 0.717) is 18.0 Å². The van der Waals surface area contributed by atoms with E-state index >= 15 is 0 Å². The van der Waals surface area contributed by atoms with Crippen LogP contribution in [-0.2, 0) is 10.8 Å². The Morgan fingerprint density at radius 3 is 2.74 bits per heavy atom. The number of urea groups is 1. The fraction of sp³-hybridized carbons (Fsp3) is 0.235. The Hall–Kier alpha value is -2.34. The van der Waals surface area contributed by atoms with Gasteiger partial charge in [-0.1, -0.05) is 24.3 Å². The number of carbonyl (C=O) groups is 1. The molecule has 2 aromatic carbocycles. The highest BCUT2D eigenvalue weighted by Crippen LogP contribution is 2.35. The van der Waals surface area contributed by atoms with Crippen LogP contribution in [0.15, 0.2) is 58.3 Å². The van der Waals surface area contributed by atoms with Crippen molar-refractivity contribution in [1.82, 2.24) is 5.32 Å². The summed E-state index contributed by atoms with van der Waals surface area (Å²) in [6.07, 6.45) is 0.814. The molecule has 5 nitrogen and oxygen atoms in total. The molecule has 120 valence electrons. The molecule has 0 saturated heterocycles. The van der Waals surface area contributed by atoms with Gasteiger partial charge in [-0.15, -0.1) is 0 Å². The number of benzene rings is 2. The minimum Gasteiger partial charge on any atom is -0.493 e. The lowest BCUT2D eigenvalue weighted by Crippen LogP contribution is -2.34. The Balaban J connectivity index is 1.84. The lowest BCUT2D eigenvalue weighted by molar-refractivity contribution is 0.242. The standard InChI is InChI=1S/C17H18N2O3S/c18-17(20)19-11-12-8-9-22-16-10-14(6-7-15(12)16)23(21)13-4-2-1-3-5-13/h1-7,10,12H,8-9,11H2,(H3,18,19,20). The van der Waals surface area contributed by atoms with E-state index in [0.717, 1.165) is 22.6 Å². The maximum absolute atomic E-state index is 12.6. The molecule has 0 aliphatic carbocycles. The number of hydrogen-bond donors (Lipinski definition) is 2. The third-order valence-electron chi connectivity index (χ3n) is 3.84. The molecule has 0 aromatic heterocycles. The molecule has 2 amide bonds. The number of carbonyl (C=O) groups excluding carboxylic acids is 1. The predicted molar refractivity (Wildman–Crippen MR) is 88.0 cm³/mol. The summed E-state index contributed by atoms with van der Waals surface area (Å²) in [6, 6.07) is 14.4. The monoisotopic (exact) mass is 330 g/mol. The first kappa shape index (κ1) is 15.6. The summed E-state index contributed by atoms with van der Waals surface area (Å²) in [5.41, 5.74) is 6.15. The fourth-order valence-corrected chi connectivity index (χ4v) is 3.76. The van der Waals surface area contributed by atoms with Crippen molar-refractivity contribution in [2.24, 2.45) is 5.73 Å². The number of rotatable bonds is 4. The molecule has 1 aliphatic rings. The van der Waals surface area contributed by atoms with Crippen LogP contribution >= 0.6 is 0 Å². The molecule has 0 radical (unpaired) electrons. The molecular weight excluding hydrogens is 312 g/mol. The molecule has 23 heavy (non-hydrogen) atoms. The van der Waals surface area contributed by atoms with E-state index in [2.05, 4.69) is 5.32 Å². The molecule has 6 heteroatoms. The van der Waals surface area contributed by atoms with Crippen molar-refractivity contribution in [3.63, 3.8) is 0 Å². The molecule has 1 heterocycles. The maximum Gasteiger partial charge on any atom is 0.312 e. The van der Waals surface area contributed by atoms with Crippen molar-refractivity contribution < 1.29 is 13.7 Å². The van der Waals surface area contributed by atoms with Crippen molar-refractivity contribution in [2.75, 3.05) is 13.2 Å². The Labute approximate surface area is 137 Å². The van der Waals surface area contributed by atoms with Crippen molar-refractivity contribution >= 4 is 16.8 Å². The normalized spacial score (nSPS) is 17.7. The van der Waals surface area contributed by atoms with Gasteiger partial charge in [-0.2, -0.15) is 0 Å². The van der Waals surface area contributed by atoms with Gasteiger partial charge in [0.25, 0.3) is 0 Å². The van der Waals surface area contributed by atoms with Crippen LogP contribution in [0, 0.1) is 0 Å². The number of primary amides is 1. The third kappa shape index (κ3) is 3.53. The molecule has 0 bridgehead atoms. The van der Waals surface area contributed by atoms with E-state index < -0.39 is 16.8 Å². The fourth-order valence-electron chi connectivity index (χ4n) is 2.67. The Morgan fingerprint density at radius 2 is 2.00 bits per heavy atom. The van der Waals surface area contributed by atoms with Gasteiger partial charge in [-0.25, -0.2) is 9.00 Å². The SMILES string of the molecule is NC(=O)NCC1CCOc2cc(S(=O)c3ccccc3)ccc21. The average molecular weight is 330 g/mol. The van der Waals surface area contributed by atoms with Gasteiger partial charge in [0.15, 0.2) is 0 Å². The van der Waals surface area contributed by atoms with Crippen LogP contribution in [0.25, 0.3) is 0 Å². The van der Waals surface area contributed by atoms with Crippen LogP contribution in [0.1, 0.15) is 17.9 Å². The second-order valence-corrected chi connectivity index (χ2v) is 6.84. The van der Waals surface area contributed by atoms with Gasteiger partial charge in [0.05, 0.1) is 17.4 Å². The highest BCUT2D eigenvalue weighted by Gasteiger charge is 2.23. The van der Waals surface area contributed by atoms with Crippen LogP contribution in [0.3, 0.4) is 0 Å². The molecule has 2 unspecified atom stereocenters. The van der Waals surface area contributed by atoms with E-state index in [1.165, 1.54) is 0 Å². The van der Waals surface area contributed by atoms with Crippen LogP contribution in [0.5, 0.6) is 5.75 Å². The van der Waals surface area contributed by atoms with Gasteiger partial charge < -0.3 is 15.8 Å². The highest BCUT2D eigenvalue weighted by atomic mass is 32.2. The van der Waals surface area contributed by atoms with Gasteiger partial charge in [-0.3, -0.25) is 0 Å². The van der Waals surface area contributed by atoms with Crippen LogP contribution in [-0.4, -0.2) is 23.4 Å². The number of fused-ring (bicyclic) bond motifs is 1. The molecule has 0 fully saturated rings. The number of nitrogens with two attached hydrogens (primary N) is 1. The van der Waals surface area contributed by atoms with Crippen LogP contribution in [0.2, 0.25) is 0 Å². The smallest absolute Gasteiger partial charge is 0.312 e. The first-order chi connectivity index (χ1) is 11.1. The van der Waals surface area contributed by atoms with Gasteiger partial charge in [0.1, 0.15) is 5.75 Å². The lowest BCUT2D eigenvalue weighted by Gasteiger charge is -2.26. The van der Waals surface area contributed by atoms with Crippen LogP contribution in [0.4, 0.5) is 4.79 Å². The average Bonchev–Trinajstić information content (AvgIpc) is 2.59. The number of ether oxygens (including phenoxy) is 1. The lowest BCUT2D eigenvalue weighted by atomic mass is 9.93. The summed E-state index contributed by atoms with van der Waals surface area (Å²) in [5, 5.41) is 2.64. The zero-order chi connectivity index (χ0) is 16.2. The molecule has 0 saturated carbocycles. The van der Waals surface area contributed by atoms with E-state index in [-0.39, 0.29) is 5.92 Å². The quantitative estimate of drug-likeness (QED) is 0.903. The topological polar surface area (TPSA) is 81.4 Å². The molecule has 2 aromatic rings. The Bertz CT molecular complexity index is 734. The van der Waals surface area contributed by atoms with Gasteiger partial charge in [-0.05, 0) is 36.2 Å². The Morgan fingerprint density at radius 1 is 1.22 bits per heavy atom. The van der Waals surface area contributed by atoms with Crippen LogP contribution < -0.4 is 15.8 Å². The molecular formula is C17H18N2O3S. The summed E-state index contributed by atoms with van der Waals surface area (Å²) in [5.74, 6) is 0.889. The summed E-state index contributed by atoms with van der Waals surface area (Å²) in [7, 11) is -1.24. The second kappa shape index (κ2) is 6.83. The first-order valence-corrected chi connectivity index (χ1v) is 8.57. The molecule has 3 N–H and O–H groups in total. The first-order valence-electron chi connectivity index (χ1n) is 7.42. The van der Waals surface area contributed by atoms with Gasteiger partial charge in [0.2, 0.25) is 0 Å². The van der Waals surface area contributed by atoms with Crippen molar-refractivity contribution in [1.29, 1.82) is 0 Å². The minimum absolute atomic E-state index is 0.158. The van der Waals surface area contributed by atoms with Gasteiger partial charge >= 0.3 is 6.03 Å². The molecule has 1 aliphatic heterocycles. The second-order valence-electron chi connectivity index (χ2n) is 5.36. The molecule has 3 rings (SSSR count). The predicted octanol–water partition coefficient (Wildman–Crippen LogP) is 2.39. The minimum atomic E-state index is -1.24. The van der Waals surface area contributed by atoms with Crippen molar-refractivity contribution in [3.8, 4) is 5.75 Å². The zero-order valence-corrected chi connectivity index (χ0v) is 13.3. The largest absolute Gasteiger partial charge is 0.493 e. The van der Waals surface area contributed by atoms with Gasteiger partial charge in [0, 0.05) is 22.3 Å². The summed E-state index contributed by atoms with van der Waals surface area (Å²) in [4.78, 5) is 12.4. The van der Waals surface area contributed by atoms with Crippen molar-refractivity contribution in [3.05, 3.63) is 54.1 Å². The maximum atomic E-state index is 12.6. The highest BCUT2D eigenvalue weighted by molar-refractivity contribution is 7.85. The van der Waals surface area contributed by atoms with Crippen molar-refractivity contribution in [2.45, 2.75) is 22.1 Å². The number of nitrogens with one attached hydrogen (secondary N) is 1. The van der Waals surface area contributed by atoms with E-state index in [9.17, 15) is 9.00 Å². The third-order valence-corrected chi connectivity index (χ3v) is 5.23. The summed E-state index contributed by atoms with van der Waals surface area (Å²) in [6.45, 7) is 1.05. The zero-order valence-electron chi connectivity index (χ0n) is 12.5. The summed E-state index contributed by atoms with van der Waals surface area (Å²) >= 11 is 0. The molecule has 2 atom stereocenters. The van der Waals surface area contributed by atoms with E-state index in [4.69, 9.17) is 10.5 Å². The van der Waals surface area contributed by atoms with E-state index in [1.54, 1.807) is 0 Å². The number of amides is 2.